The highest BCUT2D eigenvalue weighted by atomic mass is 32.2. The molecule has 4 fully saturated rings. The zero-order valence-electron chi connectivity index (χ0n) is 32.1. The normalized spacial score (nSPS) is 25.6. The third-order valence-corrected chi connectivity index (χ3v) is 15.2. The first-order chi connectivity index (χ1) is 24.2. The van der Waals surface area contributed by atoms with Crippen LogP contribution in [0.15, 0.2) is 12.7 Å². The molecule has 5 atom stereocenters. The molecule has 0 radical (unpaired) electrons. The van der Waals surface area contributed by atoms with E-state index in [2.05, 4.69) is 47.6 Å². The number of fused-ring (bicyclic) bond motifs is 1. The van der Waals surface area contributed by atoms with E-state index in [4.69, 9.17) is 6.42 Å². The molecule has 0 aromatic carbocycles. The van der Waals surface area contributed by atoms with Gasteiger partial charge in [0, 0.05) is 19.5 Å². The number of hydrogen-bond acceptors (Lipinski definition) is 7. The third-order valence-electron chi connectivity index (χ3n) is 12.4. The fourth-order valence-electron chi connectivity index (χ4n) is 8.85. The van der Waals surface area contributed by atoms with Crippen LogP contribution in [-0.4, -0.2) is 90.1 Å². The van der Waals surface area contributed by atoms with Crippen LogP contribution in [0.25, 0.3) is 0 Å². The highest BCUT2D eigenvalue weighted by Crippen LogP contribution is 2.65. The van der Waals surface area contributed by atoms with Crippen molar-refractivity contribution in [3.63, 3.8) is 0 Å². The van der Waals surface area contributed by atoms with Gasteiger partial charge in [-0.05, 0) is 75.5 Å². The van der Waals surface area contributed by atoms with Gasteiger partial charge in [-0.1, -0.05) is 65.4 Å². The van der Waals surface area contributed by atoms with Gasteiger partial charge in [0.15, 0.2) is 9.84 Å². The maximum Gasteiger partial charge on any atom is 0.315 e. The highest BCUT2D eigenvalue weighted by molar-refractivity contribution is 7.92. The van der Waals surface area contributed by atoms with Gasteiger partial charge in [-0.2, -0.15) is 0 Å². The summed E-state index contributed by atoms with van der Waals surface area (Å²) >= 11 is 0. The molecule has 4 rings (SSSR count). The van der Waals surface area contributed by atoms with Gasteiger partial charge < -0.3 is 26.2 Å². The van der Waals surface area contributed by atoms with Crippen molar-refractivity contribution in [2.75, 3.05) is 18.8 Å². The Labute approximate surface area is 310 Å². The molecule has 1 aliphatic heterocycles. The number of sulfone groups is 1. The van der Waals surface area contributed by atoms with Crippen LogP contribution >= 0.6 is 0 Å². The first kappa shape index (κ1) is 41.4. The monoisotopic (exact) mass is 743 g/mol. The minimum Gasteiger partial charge on any atom is -0.346 e. The number of Topliss-reactive ketones (excluding diaryl/α,β-unsaturated/α-hetero) is 1. The van der Waals surface area contributed by atoms with Crippen molar-refractivity contribution in [3.8, 4) is 12.3 Å². The third kappa shape index (κ3) is 8.86. The molecule has 3 saturated carbocycles. The van der Waals surface area contributed by atoms with E-state index in [0.717, 1.165) is 38.5 Å². The van der Waals surface area contributed by atoms with E-state index in [9.17, 15) is 32.4 Å². The van der Waals surface area contributed by atoms with Crippen molar-refractivity contribution in [2.24, 2.45) is 22.7 Å². The topological polar surface area (TPSA) is 171 Å². The van der Waals surface area contributed by atoms with Gasteiger partial charge in [-0.15, -0.1) is 18.9 Å². The molecule has 0 aromatic heterocycles. The standard InChI is InChI=1S/C39H61N5O7S/c1-9-11-18-27(30(45)33(47)40-23-10-2)41-32(46)29-28-26(37(28,6)7)24-44(29)34(48)31(38(8)19-14-12-15-20-38)42-35(49)43-39(21-16-13-17-22-39)25-52(50,51)36(3,4)5/h1,10,26-29,31H,2,11-25H2,3-8H3,(H,40,47)(H,41,46)(H2,42,43,49)/t26?,27?,28-,29-,31+/m0/s1. The largest absolute Gasteiger partial charge is 0.346 e. The van der Waals surface area contributed by atoms with Gasteiger partial charge >= 0.3 is 6.03 Å². The molecule has 1 heterocycles. The quantitative estimate of drug-likeness (QED) is 0.119. The fourth-order valence-corrected chi connectivity index (χ4v) is 10.4. The molecule has 13 heteroatoms. The Morgan fingerprint density at radius 3 is 2.12 bits per heavy atom. The summed E-state index contributed by atoms with van der Waals surface area (Å²) in [5, 5.41) is 11.3. The number of nitrogens with one attached hydrogen (secondary N) is 4. The number of piperidine rings is 1. The fraction of sp³-hybridized carbons (Fsp3) is 0.769. The van der Waals surface area contributed by atoms with E-state index >= 15 is 0 Å². The van der Waals surface area contributed by atoms with Crippen molar-refractivity contribution in [3.05, 3.63) is 12.7 Å². The lowest BCUT2D eigenvalue weighted by atomic mass is 9.70. The SMILES string of the molecule is C#CCCC(NC(=O)[C@@H]1[C@@H]2C(CN1C(=O)[C@@H](NC(=O)NC1(CS(=O)(=O)C(C)(C)C)CCCCC1)C1(C)CCCCC1)C2(C)C)C(=O)C(=O)NCC=C. The minimum atomic E-state index is -3.58. The number of rotatable bonds is 14. The predicted molar refractivity (Wildman–Crippen MR) is 200 cm³/mol. The number of likely N-dealkylation sites (tertiary alicyclic amines) is 1. The Morgan fingerprint density at radius 2 is 1.56 bits per heavy atom. The Hall–Kier alpha value is -3.40. The lowest BCUT2D eigenvalue weighted by Gasteiger charge is -2.44. The van der Waals surface area contributed by atoms with Crippen molar-refractivity contribution in [2.45, 2.75) is 147 Å². The van der Waals surface area contributed by atoms with Gasteiger partial charge in [-0.25, -0.2) is 13.2 Å². The van der Waals surface area contributed by atoms with Gasteiger partial charge in [0.25, 0.3) is 5.91 Å². The van der Waals surface area contributed by atoms with E-state index in [1.54, 1.807) is 25.7 Å². The molecule has 0 spiro atoms. The van der Waals surface area contributed by atoms with Crippen LogP contribution in [0.4, 0.5) is 4.79 Å². The second kappa shape index (κ2) is 15.9. The summed E-state index contributed by atoms with van der Waals surface area (Å²) in [6, 6.07) is -3.68. The number of amides is 5. The lowest BCUT2D eigenvalue weighted by Crippen LogP contribution is -2.65. The van der Waals surface area contributed by atoms with Crippen LogP contribution in [0.3, 0.4) is 0 Å². The molecule has 3 aliphatic carbocycles. The van der Waals surface area contributed by atoms with Gasteiger partial charge in [0.05, 0.1) is 22.1 Å². The Morgan fingerprint density at radius 1 is 0.962 bits per heavy atom. The highest BCUT2D eigenvalue weighted by Gasteiger charge is 2.70. The number of terminal acetylenes is 1. The second-order valence-corrected chi connectivity index (χ2v) is 20.3. The minimum absolute atomic E-state index is 0.0321. The summed E-state index contributed by atoms with van der Waals surface area (Å²) in [5.74, 6) is -0.485. The van der Waals surface area contributed by atoms with Crippen molar-refractivity contribution in [1.29, 1.82) is 0 Å². The van der Waals surface area contributed by atoms with E-state index in [0.29, 0.717) is 32.2 Å². The number of carbonyl (C=O) groups excluding carboxylic acids is 5. The molecule has 5 amide bonds. The van der Waals surface area contributed by atoms with Crippen LogP contribution in [0.5, 0.6) is 0 Å². The maximum atomic E-state index is 14.9. The summed E-state index contributed by atoms with van der Waals surface area (Å²) in [4.78, 5) is 70.4. The maximum absolute atomic E-state index is 14.9. The Bertz CT molecular complexity index is 1550. The zero-order valence-corrected chi connectivity index (χ0v) is 32.9. The van der Waals surface area contributed by atoms with Gasteiger partial charge in [0.1, 0.15) is 12.1 Å². The predicted octanol–water partition coefficient (Wildman–Crippen LogP) is 3.79. The molecular formula is C39H61N5O7S. The number of urea groups is 1. The van der Waals surface area contributed by atoms with E-state index < -0.39 is 67.3 Å². The van der Waals surface area contributed by atoms with Crippen LogP contribution in [0.2, 0.25) is 0 Å². The first-order valence-electron chi connectivity index (χ1n) is 19.0. The first-order valence-corrected chi connectivity index (χ1v) is 20.7. The van der Waals surface area contributed by atoms with E-state index in [1.807, 2.05) is 6.92 Å². The molecule has 2 unspecified atom stereocenters. The van der Waals surface area contributed by atoms with Crippen LogP contribution < -0.4 is 21.3 Å². The van der Waals surface area contributed by atoms with Crippen LogP contribution in [-0.2, 0) is 29.0 Å². The summed E-state index contributed by atoms with van der Waals surface area (Å²) < 4.78 is 25.9. The van der Waals surface area contributed by atoms with Crippen LogP contribution in [0.1, 0.15) is 119 Å². The zero-order chi connectivity index (χ0) is 38.7. The summed E-state index contributed by atoms with van der Waals surface area (Å²) in [6.45, 7) is 15.0. The van der Waals surface area contributed by atoms with Gasteiger partial charge in [0.2, 0.25) is 17.6 Å². The molecular weight excluding hydrogens is 683 g/mol. The average molecular weight is 744 g/mol. The number of hydrogen-bond donors (Lipinski definition) is 4. The number of ketones is 1. The average Bonchev–Trinajstić information content (AvgIpc) is 3.37. The smallest absolute Gasteiger partial charge is 0.315 e. The van der Waals surface area contributed by atoms with Crippen LogP contribution in [0, 0.1) is 35.0 Å². The summed E-state index contributed by atoms with van der Waals surface area (Å²) in [5.41, 5.74) is -1.81. The number of nitrogens with zero attached hydrogens (tertiary/aromatic N) is 1. The van der Waals surface area contributed by atoms with Crippen molar-refractivity contribution < 1.29 is 32.4 Å². The molecule has 4 aliphatic rings. The van der Waals surface area contributed by atoms with Crippen molar-refractivity contribution >= 4 is 39.4 Å². The molecule has 0 aromatic rings. The molecule has 0 bridgehead atoms. The van der Waals surface area contributed by atoms with Crippen molar-refractivity contribution in [1.82, 2.24) is 26.2 Å². The Balaban J connectivity index is 1.62. The second-order valence-electron chi connectivity index (χ2n) is 17.5. The number of carbonyl (C=O) groups is 5. The molecule has 290 valence electrons. The summed E-state index contributed by atoms with van der Waals surface area (Å²) in [6.07, 6.45) is 14.8. The van der Waals surface area contributed by atoms with Gasteiger partial charge in [-0.3, -0.25) is 19.2 Å². The molecule has 12 nitrogen and oxygen atoms in total. The Kier molecular flexibility index (Phi) is 12.7. The lowest BCUT2D eigenvalue weighted by molar-refractivity contribution is -0.146. The van der Waals surface area contributed by atoms with E-state index in [1.165, 1.54) is 6.08 Å². The van der Waals surface area contributed by atoms with E-state index in [-0.39, 0.29) is 48.3 Å². The molecule has 1 saturated heterocycles. The summed E-state index contributed by atoms with van der Waals surface area (Å²) in [7, 11) is -3.58. The molecule has 4 N–H and O–H groups in total. The molecule has 52 heavy (non-hydrogen) atoms.